The van der Waals surface area contributed by atoms with Crippen LogP contribution < -0.4 is 5.32 Å². The van der Waals surface area contributed by atoms with Crippen LogP contribution in [-0.2, 0) is 0 Å². The van der Waals surface area contributed by atoms with E-state index in [1.165, 1.54) is 12.1 Å². The van der Waals surface area contributed by atoms with Gasteiger partial charge in [-0.2, -0.15) is 4.98 Å². The lowest BCUT2D eigenvalue weighted by Gasteiger charge is -2.03. The molecule has 1 atom stereocenters. The topological polar surface area (TPSA) is 101 Å². The van der Waals surface area contributed by atoms with Gasteiger partial charge in [-0.05, 0) is 25.8 Å². The largest absolute Gasteiger partial charge is 0.423 e. The Kier molecular flexibility index (Phi) is 3.96. The van der Waals surface area contributed by atoms with Crippen LogP contribution in [0.4, 0.5) is 11.7 Å². The van der Waals surface area contributed by atoms with E-state index in [0.29, 0.717) is 30.1 Å². The summed E-state index contributed by atoms with van der Waals surface area (Å²) in [5.74, 6) is 0. The van der Waals surface area contributed by atoms with Gasteiger partial charge in [0.15, 0.2) is 5.58 Å². The van der Waals surface area contributed by atoms with E-state index in [9.17, 15) is 10.1 Å². The van der Waals surface area contributed by atoms with Gasteiger partial charge in [0.2, 0.25) is 0 Å². The number of rotatable bonds is 6. The van der Waals surface area contributed by atoms with Crippen molar-refractivity contribution < 1.29 is 14.4 Å². The van der Waals surface area contributed by atoms with Crippen LogP contribution in [0.2, 0.25) is 0 Å². The number of oxazole rings is 1. The number of benzene rings is 1. The van der Waals surface area contributed by atoms with E-state index in [4.69, 9.17) is 9.52 Å². The summed E-state index contributed by atoms with van der Waals surface area (Å²) in [7, 11) is 0. The molecule has 102 valence electrons. The Hall–Kier alpha value is -2.15. The summed E-state index contributed by atoms with van der Waals surface area (Å²) < 4.78 is 5.38. The molecule has 1 aromatic carbocycles. The van der Waals surface area contributed by atoms with Crippen LogP contribution in [-0.4, -0.2) is 27.7 Å². The summed E-state index contributed by atoms with van der Waals surface area (Å²) in [6.07, 6.45) is 1.16. The molecule has 2 N–H and O–H groups in total. The molecule has 7 nitrogen and oxygen atoms in total. The predicted molar refractivity (Wildman–Crippen MR) is 70.1 cm³/mol. The number of nitro groups is 1. The van der Waals surface area contributed by atoms with Gasteiger partial charge < -0.3 is 14.8 Å². The Morgan fingerprint density at radius 1 is 1.58 bits per heavy atom. The van der Waals surface area contributed by atoms with E-state index >= 15 is 0 Å². The van der Waals surface area contributed by atoms with Gasteiger partial charge >= 0.3 is 0 Å². The number of nitrogens with one attached hydrogen (secondary N) is 1. The molecule has 1 heterocycles. The summed E-state index contributed by atoms with van der Waals surface area (Å²) in [4.78, 5) is 14.3. The highest BCUT2D eigenvalue weighted by atomic mass is 16.6. The summed E-state index contributed by atoms with van der Waals surface area (Å²) in [6, 6.07) is 4.63. The fourth-order valence-electron chi connectivity index (χ4n) is 1.70. The fourth-order valence-corrected chi connectivity index (χ4v) is 1.70. The molecule has 0 saturated carbocycles. The Morgan fingerprint density at radius 3 is 3.05 bits per heavy atom. The highest BCUT2D eigenvalue weighted by molar-refractivity contribution is 5.77. The standard InChI is InChI=1S/C12H15N3O4/c1-8(16)3-2-6-13-12-14-10-5-4-9(15(17)18)7-11(10)19-12/h4-5,7-8,16H,2-3,6H2,1H3,(H,13,14). The minimum absolute atomic E-state index is 0.0238. The number of anilines is 1. The first-order valence-electron chi connectivity index (χ1n) is 6.03. The van der Waals surface area contributed by atoms with Gasteiger partial charge in [0.25, 0.3) is 11.7 Å². The van der Waals surface area contributed by atoms with Gasteiger partial charge in [-0.15, -0.1) is 0 Å². The van der Waals surface area contributed by atoms with Gasteiger partial charge in [-0.1, -0.05) is 0 Å². The van der Waals surface area contributed by atoms with Crippen molar-refractivity contribution in [1.29, 1.82) is 0 Å². The molecular formula is C12H15N3O4. The minimum Gasteiger partial charge on any atom is -0.423 e. The lowest BCUT2D eigenvalue weighted by atomic mass is 10.2. The Labute approximate surface area is 109 Å². The number of aromatic nitrogens is 1. The first kappa shape index (κ1) is 13.3. The quantitative estimate of drug-likeness (QED) is 0.472. The number of non-ortho nitro benzene ring substituents is 1. The van der Waals surface area contributed by atoms with Crippen LogP contribution >= 0.6 is 0 Å². The predicted octanol–water partition coefficient (Wildman–Crippen LogP) is 2.31. The lowest BCUT2D eigenvalue weighted by Crippen LogP contribution is -2.06. The molecule has 7 heteroatoms. The molecule has 0 aliphatic heterocycles. The maximum atomic E-state index is 10.6. The van der Waals surface area contributed by atoms with Gasteiger partial charge in [-0.3, -0.25) is 10.1 Å². The van der Waals surface area contributed by atoms with Crippen molar-refractivity contribution in [2.24, 2.45) is 0 Å². The molecule has 0 aliphatic rings. The zero-order valence-corrected chi connectivity index (χ0v) is 10.5. The van der Waals surface area contributed by atoms with Crippen LogP contribution in [0.5, 0.6) is 0 Å². The van der Waals surface area contributed by atoms with Gasteiger partial charge in [-0.25, -0.2) is 0 Å². The molecule has 2 rings (SSSR count). The number of fused-ring (bicyclic) bond motifs is 1. The van der Waals surface area contributed by atoms with E-state index in [1.807, 2.05) is 0 Å². The maximum Gasteiger partial charge on any atom is 0.295 e. The van der Waals surface area contributed by atoms with Crippen molar-refractivity contribution >= 4 is 22.8 Å². The molecule has 0 aliphatic carbocycles. The molecule has 0 spiro atoms. The molecule has 0 amide bonds. The Morgan fingerprint density at radius 2 is 2.37 bits per heavy atom. The van der Waals surface area contributed by atoms with Crippen molar-refractivity contribution in [3.05, 3.63) is 28.3 Å². The third-order valence-electron chi connectivity index (χ3n) is 2.66. The summed E-state index contributed by atoms with van der Waals surface area (Å²) in [5, 5.41) is 22.7. The van der Waals surface area contributed by atoms with Crippen LogP contribution in [0.1, 0.15) is 19.8 Å². The van der Waals surface area contributed by atoms with Gasteiger partial charge in [0, 0.05) is 12.6 Å². The molecule has 0 fully saturated rings. The molecular weight excluding hydrogens is 250 g/mol. The minimum atomic E-state index is -0.475. The van der Waals surface area contributed by atoms with E-state index in [-0.39, 0.29) is 11.8 Å². The van der Waals surface area contributed by atoms with Crippen LogP contribution in [0.3, 0.4) is 0 Å². The zero-order valence-electron chi connectivity index (χ0n) is 10.5. The number of nitrogens with zero attached hydrogens (tertiary/aromatic N) is 2. The Bertz CT molecular complexity index is 579. The average Bonchev–Trinajstić information content (AvgIpc) is 2.75. The first-order chi connectivity index (χ1) is 9.06. The third-order valence-corrected chi connectivity index (χ3v) is 2.66. The van der Waals surface area contributed by atoms with Gasteiger partial charge in [0.1, 0.15) is 5.52 Å². The second kappa shape index (κ2) is 5.66. The monoisotopic (exact) mass is 265 g/mol. The molecule has 2 aromatic rings. The number of hydrogen-bond acceptors (Lipinski definition) is 6. The normalized spacial score (nSPS) is 12.5. The zero-order chi connectivity index (χ0) is 13.8. The van der Waals surface area contributed by atoms with Crippen LogP contribution in [0.25, 0.3) is 11.1 Å². The van der Waals surface area contributed by atoms with E-state index in [0.717, 1.165) is 6.42 Å². The molecule has 0 radical (unpaired) electrons. The van der Waals surface area contributed by atoms with Crippen molar-refractivity contribution in [2.75, 3.05) is 11.9 Å². The molecule has 0 saturated heterocycles. The van der Waals surface area contributed by atoms with E-state index in [1.54, 1.807) is 13.0 Å². The van der Waals surface area contributed by atoms with Crippen molar-refractivity contribution in [1.82, 2.24) is 4.98 Å². The summed E-state index contributed by atoms with van der Waals surface area (Å²) >= 11 is 0. The molecule has 19 heavy (non-hydrogen) atoms. The first-order valence-corrected chi connectivity index (χ1v) is 6.03. The number of aliphatic hydroxyl groups is 1. The smallest absolute Gasteiger partial charge is 0.295 e. The maximum absolute atomic E-state index is 10.6. The van der Waals surface area contributed by atoms with E-state index in [2.05, 4.69) is 10.3 Å². The lowest BCUT2D eigenvalue weighted by molar-refractivity contribution is -0.384. The van der Waals surface area contributed by atoms with Crippen LogP contribution in [0.15, 0.2) is 22.6 Å². The third kappa shape index (κ3) is 3.41. The summed E-state index contributed by atoms with van der Waals surface area (Å²) in [5.41, 5.74) is 0.931. The van der Waals surface area contributed by atoms with Gasteiger partial charge in [0.05, 0.1) is 17.1 Å². The SMILES string of the molecule is CC(O)CCCNc1nc2ccc([N+](=O)[O-])cc2o1. The fraction of sp³-hybridized carbons (Fsp3) is 0.417. The summed E-state index contributed by atoms with van der Waals surface area (Å²) in [6.45, 7) is 2.36. The highest BCUT2D eigenvalue weighted by Gasteiger charge is 2.11. The van der Waals surface area contributed by atoms with E-state index < -0.39 is 4.92 Å². The van der Waals surface area contributed by atoms with Crippen molar-refractivity contribution in [3.63, 3.8) is 0 Å². The second-order valence-corrected chi connectivity index (χ2v) is 4.35. The number of aliphatic hydroxyl groups excluding tert-OH is 1. The Balaban J connectivity index is 2.03. The second-order valence-electron chi connectivity index (χ2n) is 4.35. The molecule has 0 bridgehead atoms. The number of nitro benzene ring substituents is 1. The van der Waals surface area contributed by atoms with Crippen molar-refractivity contribution in [3.8, 4) is 0 Å². The highest BCUT2D eigenvalue weighted by Crippen LogP contribution is 2.23. The number of hydrogen-bond donors (Lipinski definition) is 2. The average molecular weight is 265 g/mol. The molecule has 1 aromatic heterocycles. The van der Waals surface area contributed by atoms with Crippen molar-refractivity contribution in [2.45, 2.75) is 25.9 Å². The van der Waals surface area contributed by atoms with Crippen LogP contribution in [0, 0.1) is 10.1 Å². The molecule has 1 unspecified atom stereocenters.